The molecule has 0 saturated carbocycles. The van der Waals surface area contributed by atoms with Gasteiger partial charge in [-0.2, -0.15) is 0 Å². The van der Waals surface area contributed by atoms with Gasteiger partial charge in [0.25, 0.3) is 0 Å². The summed E-state index contributed by atoms with van der Waals surface area (Å²) in [6.07, 6.45) is 1.44. The highest BCUT2D eigenvalue weighted by atomic mass is 16.5. The van der Waals surface area contributed by atoms with Gasteiger partial charge in [-0.05, 0) is 12.1 Å². The van der Waals surface area contributed by atoms with E-state index in [4.69, 9.17) is 5.11 Å². The number of rotatable bonds is 5. The molecule has 2 N–H and O–H groups in total. The van der Waals surface area contributed by atoms with Crippen LogP contribution in [0.2, 0.25) is 0 Å². The number of carbonyl (C=O) groups is 2. The lowest BCUT2D eigenvalue weighted by Crippen LogP contribution is -2.35. The standard InChI is InChI=1S/C11H14N2O5/c1-17-10(15)7-4-3-5-12-9(7)13-8(6-14)11(16)18-2/h3-5,8,14H,6H2,1-2H3,(H,12,13). The van der Waals surface area contributed by atoms with Gasteiger partial charge in [-0.25, -0.2) is 14.6 Å². The molecule has 0 amide bonds. The van der Waals surface area contributed by atoms with E-state index in [1.807, 2.05) is 0 Å². The number of esters is 2. The Kier molecular flexibility index (Phi) is 5.06. The van der Waals surface area contributed by atoms with Crippen LogP contribution in [-0.4, -0.2) is 48.9 Å². The fraction of sp³-hybridized carbons (Fsp3) is 0.364. The summed E-state index contributed by atoms with van der Waals surface area (Å²) in [6.45, 7) is -0.482. The number of ether oxygens (including phenoxy) is 2. The average molecular weight is 254 g/mol. The Bertz CT molecular complexity index is 435. The first-order valence-corrected chi connectivity index (χ1v) is 5.12. The highest BCUT2D eigenvalue weighted by Crippen LogP contribution is 2.14. The van der Waals surface area contributed by atoms with Gasteiger partial charge < -0.3 is 19.9 Å². The van der Waals surface area contributed by atoms with Gasteiger partial charge in [0.05, 0.1) is 20.8 Å². The maximum absolute atomic E-state index is 11.5. The highest BCUT2D eigenvalue weighted by Gasteiger charge is 2.21. The Labute approximate surface area is 104 Å². The first-order chi connectivity index (χ1) is 8.63. The second-order valence-corrected chi connectivity index (χ2v) is 3.29. The molecule has 0 radical (unpaired) electrons. The third-order valence-electron chi connectivity index (χ3n) is 2.19. The number of aliphatic hydroxyl groups excluding tert-OH is 1. The lowest BCUT2D eigenvalue weighted by atomic mass is 10.2. The third-order valence-corrected chi connectivity index (χ3v) is 2.19. The van der Waals surface area contributed by atoms with Crippen molar-refractivity contribution in [1.82, 2.24) is 4.98 Å². The molecule has 0 saturated heterocycles. The van der Waals surface area contributed by atoms with Crippen LogP contribution in [0.15, 0.2) is 18.3 Å². The zero-order valence-electron chi connectivity index (χ0n) is 10.0. The lowest BCUT2D eigenvalue weighted by molar-refractivity contribution is -0.142. The molecule has 7 nitrogen and oxygen atoms in total. The van der Waals surface area contributed by atoms with Gasteiger partial charge in [0, 0.05) is 6.20 Å². The van der Waals surface area contributed by atoms with Crippen LogP contribution in [0.5, 0.6) is 0 Å². The van der Waals surface area contributed by atoms with Gasteiger partial charge in [-0.1, -0.05) is 0 Å². The van der Waals surface area contributed by atoms with Crippen LogP contribution in [0, 0.1) is 0 Å². The molecule has 18 heavy (non-hydrogen) atoms. The molecule has 1 rings (SSSR count). The van der Waals surface area contributed by atoms with Crippen molar-refractivity contribution < 1.29 is 24.2 Å². The second kappa shape index (κ2) is 6.55. The summed E-state index contributed by atoms with van der Waals surface area (Å²) in [4.78, 5) is 26.7. The SMILES string of the molecule is COC(=O)c1cccnc1NC(CO)C(=O)OC. The van der Waals surface area contributed by atoms with E-state index in [0.29, 0.717) is 0 Å². The molecule has 1 aromatic rings. The van der Waals surface area contributed by atoms with Gasteiger partial charge in [-0.3, -0.25) is 0 Å². The topological polar surface area (TPSA) is 97.8 Å². The summed E-state index contributed by atoms with van der Waals surface area (Å²) in [5.74, 6) is -1.10. The zero-order chi connectivity index (χ0) is 13.5. The fourth-order valence-corrected chi connectivity index (χ4v) is 1.28. The minimum Gasteiger partial charge on any atom is -0.467 e. The van der Waals surface area contributed by atoms with Crippen LogP contribution in [0.25, 0.3) is 0 Å². The van der Waals surface area contributed by atoms with Crippen LogP contribution in [0.1, 0.15) is 10.4 Å². The summed E-state index contributed by atoms with van der Waals surface area (Å²) in [5.41, 5.74) is 0.169. The molecule has 0 aliphatic carbocycles. The summed E-state index contributed by atoms with van der Waals surface area (Å²) < 4.78 is 9.08. The fourth-order valence-electron chi connectivity index (χ4n) is 1.28. The van der Waals surface area contributed by atoms with Crippen molar-refractivity contribution in [1.29, 1.82) is 0 Å². The van der Waals surface area contributed by atoms with Gasteiger partial charge in [-0.15, -0.1) is 0 Å². The van der Waals surface area contributed by atoms with Crippen molar-refractivity contribution in [2.75, 3.05) is 26.1 Å². The minimum absolute atomic E-state index is 0.147. The molecular weight excluding hydrogens is 240 g/mol. The third kappa shape index (κ3) is 3.17. The van der Waals surface area contributed by atoms with E-state index in [0.717, 1.165) is 0 Å². The van der Waals surface area contributed by atoms with Gasteiger partial charge in [0.1, 0.15) is 17.4 Å². The van der Waals surface area contributed by atoms with Crippen LogP contribution >= 0.6 is 0 Å². The predicted molar refractivity (Wildman–Crippen MR) is 62.1 cm³/mol. The largest absolute Gasteiger partial charge is 0.467 e. The molecule has 1 aromatic heterocycles. The molecule has 1 atom stereocenters. The number of carbonyl (C=O) groups excluding carboxylic acids is 2. The van der Waals surface area contributed by atoms with Crippen molar-refractivity contribution in [3.05, 3.63) is 23.9 Å². The normalized spacial score (nSPS) is 11.5. The predicted octanol–water partition coefficient (Wildman–Crippen LogP) is -0.186. The minimum atomic E-state index is -0.992. The number of pyridine rings is 1. The van der Waals surface area contributed by atoms with Crippen LogP contribution in [0.4, 0.5) is 5.82 Å². The number of methoxy groups -OCH3 is 2. The van der Waals surface area contributed by atoms with E-state index in [9.17, 15) is 9.59 Å². The number of hydrogen-bond acceptors (Lipinski definition) is 7. The number of nitrogens with zero attached hydrogens (tertiary/aromatic N) is 1. The van der Waals surface area contributed by atoms with Crippen molar-refractivity contribution >= 4 is 17.8 Å². The molecule has 0 spiro atoms. The molecular formula is C11H14N2O5. The number of aromatic nitrogens is 1. The smallest absolute Gasteiger partial charge is 0.341 e. The van der Waals surface area contributed by atoms with E-state index in [1.54, 1.807) is 6.07 Å². The lowest BCUT2D eigenvalue weighted by Gasteiger charge is -2.15. The Hall–Kier alpha value is -2.15. The summed E-state index contributed by atoms with van der Waals surface area (Å²) in [7, 11) is 2.44. The van der Waals surface area contributed by atoms with E-state index in [2.05, 4.69) is 19.8 Å². The van der Waals surface area contributed by atoms with Gasteiger partial charge in [0.2, 0.25) is 0 Å². The Morgan fingerprint density at radius 2 is 2.17 bits per heavy atom. The molecule has 0 aliphatic rings. The van der Waals surface area contributed by atoms with Crippen molar-refractivity contribution in [2.24, 2.45) is 0 Å². The quantitative estimate of drug-likeness (QED) is 0.703. The number of aliphatic hydroxyl groups is 1. The highest BCUT2D eigenvalue weighted by molar-refractivity contribution is 5.95. The molecule has 0 fully saturated rings. The summed E-state index contributed by atoms with van der Waals surface area (Å²) in [6, 6.07) is 2.06. The molecule has 98 valence electrons. The van der Waals surface area contributed by atoms with Crippen molar-refractivity contribution in [3.63, 3.8) is 0 Å². The van der Waals surface area contributed by atoms with Crippen LogP contribution < -0.4 is 5.32 Å². The zero-order valence-corrected chi connectivity index (χ0v) is 10.0. The van der Waals surface area contributed by atoms with E-state index in [-0.39, 0.29) is 11.4 Å². The second-order valence-electron chi connectivity index (χ2n) is 3.29. The van der Waals surface area contributed by atoms with Gasteiger partial charge >= 0.3 is 11.9 Å². The maximum atomic E-state index is 11.5. The molecule has 0 aliphatic heterocycles. The monoisotopic (exact) mass is 254 g/mol. The molecule has 0 aromatic carbocycles. The summed E-state index contributed by atoms with van der Waals surface area (Å²) >= 11 is 0. The van der Waals surface area contributed by atoms with E-state index >= 15 is 0 Å². The van der Waals surface area contributed by atoms with Gasteiger partial charge in [0.15, 0.2) is 0 Å². The first kappa shape index (κ1) is 13.9. The molecule has 1 unspecified atom stereocenters. The van der Waals surface area contributed by atoms with Crippen molar-refractivity contribution in [2.45, 2.75) is 6.04 Å². The molecule has 0 bridgehead atoms. The van der Waals surface area contributed by atoms with Crippen molar-refractivity contribution in [3.8, 4) is 0 Å². The van der Waals surface area contributed by atoms with E-state index < -0.39 is 24.6 Å². The maximum Gasteiger partial charge on any atom is 0.341 e. The number of hydrogen-bond donors (Lipinski definition) is 2. The summed E-state index contributed by atoms with van der Waals surface area (Å²) in [5, 5.41) is 11.7. The number of nitrogens with one attached hydrogen (secondary N) is 1. The Morgan fingerprint density at radius 3 is 2.72 bits per heavy atom. The average Bonchev–Trinajstić information content (AvgIpc) is 2.43. The number of anilines is 1. The molecule has 7 heteroatoms. The van der Waals surface area contributed by atoms with Crippen LogP contribution in [-0.2, 0) is 14.3 Å². The van der Waals surface area contributed by atoms with Crippen LogP contribution in [0.3, 0.4) is 0 Å². The first-order valence-electron chi connectivity index (χ1n) is 5.12. The Balaban J connectivity index is 2.96. The van der Waals surface area contributed by atoms with E-state index in [1.165, 1.54) is 26.5 Å². The Morgan fingerprint density at radius 1 is 1.44 bits per heavy atom. The molecule has 1 heterocycles.